The van der Waals surface area contributed by atoms with Gasteiger partial charge in [-0.15, -0.1) is 0 Å². The fraction of sp³-hybridized carbons (Fsp3) is 0.333. The second-order valence-electron chi connectivity index (χ2n) is 6.98. The minimum atomic E-state index is -4.51. The number of hydrogen-bond donors (Lipinski definition) is 1. The van der Waals surface area contributed by atoms with E-state index in [4.69, 9.17) is 11.6 Å². The van der Waals surface area contributed by atoms with Crippen LogP contribution in [0.4, 0.5) is 13.2 Å². The molecule has 1 atom stereocenters. The summed E-state index contributed by atoms with van der Waals surface area (Å²) in [6.07, 6.45) is -3.30. The molecule has 2 amide bonds. The number of halogens is 4. The Labute approximate surface area is 171 Å². The average Bonchev–Trinajstić information content (AvgIpc) is 2.72. The van der Waals surface area contributed by atoms with E-state index in [1.54, 1.807) is 12.1 Å². The maximum atomic E-state index is 12.9. The summed E-state index contributed by atoms with van der Waals surface area (Å²) in [5.41, 5.74) is -0.110. The molecule has 0 bridgehead atoms. The van der Waals surface area contributed by atoms with Crippen LogP contribution in [0.5, 0.6) is 0 Å². The van der Waals surface area contributed by atoms with Gasteiger partial charge < -0.3 is 10.2 Å². The summed E-state index contributed by atoms with van der Waals surface area (Å²) in [7, 11) is 0. The van der Waals surface area contributed by atoms with Crippen LogP contribution < -0.4 is 5.32 Å². The molecule has 1 saturated heterocycles. The third-order valence-electron chi connectivity index (χ3n) is 4.93. The molecule has 0 unspecified atom stereocenters. The lowest BCUT2D eigenvalue weighted by Gasteiger charge is -2.32. The Hall–Kier alpha value is -2.54. The second-order valence-corrected chi connectivity index (χ2v) is 7.39. The van der Waals surface area contributed by atoms with Crippen molar-refractivity contribution in [2.45, 2.75) is 25.6 Å². The third kappa shape index (κ3) is 5.29. The lowest BCUT2D eigenvalue weighted by atomic mass is 9.96. The number of hydrogen-bond acceptors (Lipinski definition) is 2. The number of rotatable bonds is 4. The minimum absolute atomic E-state index is 0.0306. The highest BCUT2D eigenvalue weighted by Gasteiger charge is 2.33. The van der Waals surface area contributed by atoms with Crippen molar-refractivity contribution in [3.63, 3.8) is 0 Å². The van der Waals surface area contributed by atoms with Gasteiger partial charge >= 0.3 is 6.18 Å². The summed E-state index contributed by atoms with van der Waals surface area (Å²) in [6, 6.07) is 11.5. The average molecular weight is 425 g/mol. The van der Waals surface area contributed by atoms with E-state index in [0.717, 1.165) is 17.7 Å². The number of amides is 2. The molecule has 2 aromatic rings. The lowest BCUT2D eigenvalue weighted by molar-refractivity contribution is -0.137. The fourth-order valence-electron chi connectivity index (χ4n) is 3.36. The molecule has 29 heavy (non-hydrogen) atoms. The summed E-state index contributed by atoms with van der Waals surface area (Å²) < 4.78 is 38.7. The first-order valence-corrected chi connectivity index (χ1v) is 9.61. The number of carbonyl (C=O) groups excluding carboxylic acids is 2. The number of alkyl halides is 3. The molecular formula is C21H20ClF3N2O2. The van der Waals surface area contributed by atoms with Crippen molar-refractivity contribution < 1.29 is 22.8 Å². The second kappa shape index (κ2) is 8.86. The van der Waals surface area contributed by atoms with Crippen LogP contribution in [0.2, 0.25) is 5.02 Å². The Morgan fingerprint density at radius 2 is 1.90 bits per heavy atom. The first-order chi connectivity index (χ1) is 13.8. The summed E-state index contributed by atoms with van der Waals surface area (Å²) in [4.78, 5) is 26.7. The van der Waals surface area contributed by atoms with Crippen LogP contribution in [-0.2, 0) is 17.5 Å². The highest BCUT2D eigenvalue weighted by atomic mass is 35.5. The van der Waals surface area contributed by atoms with Crippen LogP contribution in [0.15, 0.2) is 48.5 Å². The van der Waals surface area contributed by atoms with Crippen molar-refractivity contribution in [3.8, 4) is 0 Å². The molecule has 0 spiro atoms. The maximum Gasteiger partial charge on any atom is 0.416 e. The maximum absolute atomic E-state index is 12.9. The van der Waals surface area contributed by atoms with Crippen LogP contribution >= 0.6 is 11.6 Å². The molecule has 0 aliphatic carbocycles. The molecular weight excluding hydrogens is 405 g/mol. The number of likely N-dealkylation sites (tertiary alicyclic amines) is 1. The Bertz CT molecular complexity index is 901. The third-order valence-corrected chi connectivity index (χ3v) is 5.30. The Kier molecular flexibility index (Phi) is 6.47. The number of carbonyl (C=O) groups is 2. The van der Waals surface area contributed by atoms with Gasteiger partial charge in [-0.2, -0.15) is 13.2 Å². The van der Waals surface area contributed by atoms with Gasteiger partial charge in [0.05, 0.1) is 11.5 Å². The summed E-state index contributed by atoms with van der Waals surface area (Å²) in [5.74, 6) is -1.12. The van der Waals surface area contributed by atoms with Crippen LogP contribution in [-0.4, -0.2) is 29.8 Å². The van der Waals surface area contributed by atoms with Crippen molar-refractivity contribution in [3.05, 3.63) is 70.2 Å². The van der Waals surface area contributed by atoms with E-state index < -0.39 is 23.6 Å². The summed E-state index contributed by atoms with van der Waals surface area (Å²) >= 11 is 6.09. The summed E-state index contributed by atoms with van der Waals surface area (Å²) in [5, 5.41) is 3.38. The quantitative estimate of drug-likeness (QED) is 0.784. The predicted molar refractivity (Wildman–Crippen MR) is 103 cm³/mol. The Balaban J connectivity index is 1.63. The molecule has 1 N–H and O–H groups in total. The number of benzene rings is 2. The Morgan fingerprint density at radius 1 is 1.14 bits per heavy atom. The van der Waals surface area contributed by atoms with Gasteiger partial charge in [-0.3, -0.25) is 9.59 Å². The molecule has 2 aromatic carbocycles. The van der Waals surface area contributed by atoms with Crippen molar-refractivity contribution in [1.82, 2.24) is 10.2 Å². The molecule has 1 fully saturated rings. The first kappa shape index (κ1) is 21.2. The van der Waals surface area contributed by atoms with Gasteiger partial charge in [-0.05, 0) is 42.7 Å². The molecule has 1 aliphatic heterocycles. The topological polar surface area (TPSA) is 49.4 Å². The SMILES string of the molecule is O=C(NCc1ccccc1Cl)[C@@H]1CCCN(C(=O)c2cccc(C(F)(F)F)c2)C1. The van der Waals surface area contributed by atoms with Crippen molar-refractivity contribution >= 4 is 23.4 Å². The van der Waals surface area contributed by atoms with E-state index in [9.17, 15) is 22.8 Å². The largest absolute Gasteiger partial charge is 0.416 e. The molecule has 8 heteroatoms. The van der Waals surface area contributed by atoms with Gasteiger partial charge in [-0.25, -0.2) is 0 Å². The molecule has 1 heterocycles. The van der Waals surface area contributed by atoms with E-state index >= 15 is 0 Å². The van der Waals surface area contributed by atoms with E-state index in [1.807, 2.05) is 12.1 Å². The van der Waals surface area contributed by atoms with Crippen molar-refractivity contribution in [2.75, 3.05) is 13.1 Å². The zero-order valence-corrected chi connectivity index (χ0v) is 16.3. The van der Waals surface area contributed by atoms with Gasteiger partial charge in [0, 0.05) is 30.2 Å². The number of nitrogens with one attached hydrogen (secondary N) is 1. The van der Waals surface area contributed by atoms with Crippen molar-refractivity contribution in [2.24, 2.45) is 5.92 Å². The van der Waals surface area contributed by atoms with Crippen LogP contribution in [0.3, 0.4) is 0 Å². The Morgan fingerprint density at radius 3 is 2.62 bits per heavy atom. The van der Waals surface area contributed by atoms with E-state index in [0.29, 0.717) is 24.4 Å². The van der Waals surface area contributed by atoms with Gasteiger partial charge in [0.1, 0.15) is 0 Å². The van der Waals surface area contributed by atoms with Gasteiger partial charge in [-0.1, -0.05) is 35.9 Å². The highest BCUT2D eigenvalue weighted by molar-refractivity contribution is 6.31. The van der Waals surface area contributed by atoms with Crippen LogP contribution in [0.1, 0.15) is 34.3 Å². The van der Waals surface area contributed by atoms with Crippen molar-refractivity contribution in [1.29, 1.82) is 0 Å². The molecule has 4 nitrogen and oxygen atoms in total. The molecule has 0 radical (unpaired) electrons. The monoisotopic (exact) mass is 424 g/mol. The van der Waals surface area contributed by atoms with Gasteiger partial charge in [0.15, 0.2) is 0 Å². The standard InChI is InChI=1S/C21H20ClF3N2O2/c22-18-9-2-1-5-15(18)12-26-19(28)16-7-4-10-27(13-16)20(29)14-6-3-8-17(11-14)21(23,24)25/h1-3,5-6,8-9,11,16H,4,7,10,12-13H2,(H,26,28)/t16-/m1/s1. The van der Waals surface area contributed by atoms with E-state index in [1.165, 1.54) is 17.0 Å². The molecule has 1 aliphatic rings. The first-order valence-electron chi connectivity index (χ1n) is 9.23. The predicted octanol–water partition coefficient (Wildman–Crippen LogP) is 4.53. The zero-order valence-electron chi connectivity index (χ0n) is 15.5. The minimum Gasteiger partial charge on any atom is -0.352 e. The van der Waals surface area contributed by atoms with Crippen LogP contribution in [0.25, 0.3) is 0 Å². The van der Waals surface area contributed by atoms with Gasteiger partial charge in [0.25, 0.3) is 5.91 Å². The smallest absolute Gasteiger partial charge is 0.352 e. The number of nitrogens with zero attached hydrogens (tertiary/aromatic N) is 1. The molecule has 0 aromatic heterocycles. The molecule has 0 saturated carbocycles. The fourth-order valence-corrected chi connectivity index (χ4v) is 3.56. The molecule has 3 rings (SSSR count). The normalized spacial score (nSPS) is 17.1. The zero-order chi connectivity index (χ0) is 21.0. The molecule has 154 valence electrons. The van der Waals surface area contributed by atoms with E-state index in [-0.39, 0.29) is 24.6 Å². The van der Waals surface area contributed by atoms with Crippen LogP contribution in [0, 0.1) is 5.92 Å². The lowest BCUT2D eigenvalue weighted by Crippen LogP contribution is -2.45. The van der Waals surface area contributed by atoms with E-state index in [2.05, 4.69) is 5.32 Å². The van der Waals surface area contributed by atoms with Gasteiger partial charge in [0.2, 0.25) is 5.91 Å². The summed E-state index contributed by atoms with van der Waals surface area (Å²) in [6.45, 7) is 0.851. The highest BCUT2D eigenvalue weighted by Crippen LogP contribution is 2.30. The number of piperidine rings is 1.